The zero-order valence-electron chi connectivity index (χ0n) is 7.66. The second-order valence-corrected chi connectivity index (χ2v) is 3.38. The maximum absolute atomic E-state index is 11.1. The quantitative estimate of drug-likeness (QED) is 0.650. The Labute approximate surface area is 68.0 Å². The van der Waals surface area contributed by atoms with E-state index in [1.165, 1.54) is 4.90 Å². The lowest BCUT2D eigenvalue weighted by Gasteiger charge is -2.16. The fourth-order valence-corrected chi connectivity index (χ4v) is 0.845. The van der Waals surface area contributed by atoms with Gasteiger partial charge in [-0.05, 0) is 12.3 Å². The van der Waals surface area contributed by atoms with E-state index in [1.54, 1.807) is 14.1 Å². The Bertz CT molecular complexity index is 132. The molecule has 1 amide bonds. The molecule has 0 saturated heterocycles. The van der Waals surface area contributed by atoms with Crippen molar-refractivity contribution in [1.29, 1.82) is 0 Å². The first kappa shape index (κ1) is 10.4. The number of rotatable bonds is 3. The van der Waals surface area contributed by atoms with Crippen LogP contribution < -0.4 is 0 Å². The predicted octanol–water partition coefficient (Wildman–Crippen LogP) is 0.482. The van der Waals surface area contributed by atoms with Crippen molar-refractivity contribution in [2.24, 2.45) is 5.92 Å². The minimum Gasteiger partial charge on any atom is -0.383 e. The first-order valence-electron chi connectivity index (χ1n) is 3.84. The first-order chi connectivity index (χ1) is 4.95. The number of amides is 1. The van der Waals surface area contributed by atoms with Crippen LogP contribution in [0.15, 0.2) is 0 Å². The summed E-state index contributed by atoms with van der Waals surface area (Å²) in [6, 6.07) is 0. The van der Waals surface area contributed by atoms with Crippen molar-refractivity contribution in [2.75, 3.05) is 14.1 Å². The number of nitrogens with zero attached hydrogens (tertiary/aromatic N) is 1. The SMILES string of the molecule is CC(C)CC(O)C(=O)N(C)C. The van der Waals surface area contributed by atoms with E-state index < -0.39 is 6.10 Å². The number of hydrogen-bond acceptors (Lipinski definition) is 2. The monoisotopic (exact) mass is 159 g/mol. The van der Waals surface area contributed by atoms with E-state index in [9.17, 15) is 9.90 Å². The van der Waals surface area contributed by atoms with Crippen LogP contribution in [0, 0.1) is 5.92 Å². The van der Waals surface area contributed by atoms with Gasteiger partial charge in [-0.2, -0.15) is 0 Å². The highest BCUT2D eigenvalue weighted by Gasteiger charge is 2.17. The van der Waals surface area contributed by atoms with Gasteiger partial charge in [0.05, 0.1) is 0 Å². The Hall–Kier alpha value is -0.570. The van der Waals surface area contributed by atoms with E-state index in [0.29, 0.717) is 12.3 Å². The molecule has 3 nitrogen and oxygen atoms in total. The third-order valence-electron chi connectivity index (χ3n) is 1.42. The molecule has 1 unspecified atom stereocenters. The van der Waals surface area contributed by atoms with Crippen molar-refractivity contribution in [3.63, 3.8) is 0 Å². The summed E-state index contributed by atoms with van der Waals surface area (Å²) in [5.74, 6) is 0.146. The van der Waals surface area contributed by atoms with E-state index in [1.807, 2.05) is 13.8 Å². The molecule has 0 aromatic carbocycles. The molecular weight excluding hydrogens is 142 g/mol. The maximum atomic E-state index is 11.1. The second kappa shape index (κ2) is 4.34. The van der Waals surface area contributed by atoms with Crippen LogP contribution in [0.4, 0.5) is 0 Å². The molecule has 0 heterocycles. The largest absolute Gasteiger partial charge is 0.383 e. The lowest BCUT2D eigenvalue weighted by Crippen LogP contribution is -2.34. The molecule has 1 atom stereocenters. The molecule has 0 aromatic rings. The van der Waals surface area contributed by atoms with Crippen LogP contribution in [0.3, 0.4) is 0 Å². The van der Waals surface area contributed by atoms with Crippen molar-refractivity contribution >= 4 is 5.91 Å². The highest BCUT2D eigenvalue weighted by Crippen LogP contribution is 2.05. The molecule has 0 fully saturated rings. The smallest absolute Gasteiger partial charge is 0.250 e. The third kappa shape index (κ3) is 3.98. The van der Waals surface area contributed by atoms with Gasteiger partial charge >= 0.3 is 0 Å². The molecule has 0 saturated carbocycles. The van der Waals surface area contributed by atoms with E-state index in [0.717, 1.165) is 0 Å². The van der Waals surface area contributed by atoms with E-state index in [2.05, 4.69) is 0 Å². The summed E-state index contributed by atoms with van der Waals surface area (Å²) in [4.78, 5) is 12.5. The molecule has 0 aliphatic carbocycles. The lowest BCUT2D eigenvalue weighted by molar-refractivity contribution is -0.138. The summed E-state index contributed by atoms with van der Waals surface area (Å²) in [6.07, 6.45) is -0.290. The summed E-state index contributed by atoms with van der Waals surface area (Å²) in [5, 5.41) is 9.27. The van der Waals surface area contributed by atoms with Gasteiger partial charge in [-0.15, -0.1) is 0 Å². The van der Waals surface area contributed by atoms with E-state index in [-0.39, 0.29) is 5.91 Å². The van der Waals surface area contributed by atoms with Gasteiger partial charge in [0, 0.05) is 14.1 Å². The van der Waals surface area contributed by atoms with Gasteiger partial charge in [0.25, 0.3) is 5.91 Å². The molecule has 66 valence electrons. The third-order valence-corrected chi connectivity index (χ3v) is 1.42. The minimum atomic E-state index is -0.829. The van der Waals surface area contributed by atoms with Gasteiger partial charge in [-0.25, -0.2) is 0 Å². The first-order valence-corrected chi connectivity index (χ1v) is 3.84. The number of aliphatic hydroxyl groups is 1. The summed E-state index contributed by atoms with van der Waals surface area (Å²) in [5.41, 5.74) is 0. The average Bonchev–Trinajstić information content (AvgIpc) is 1.84. The Morgan fingerprint density at radius 2 is 1.91 bits per heavy atom. The average molecular weight is 159 g/mol. The molecule has 0 aliphatic heterocycles. The van der Waals surface area contributed by atoms with Crippen molar-refractivity contribution < 1.29 is 9.90 Å². The van der Waals surface area contributed by atoms with Gasteiger partial charge < -0.3 is 10.0 Å². The fraction of sp³-hybridized carbons (Fsp3) is 0.875. The Kier molecular flexibility index (Phi) is 4.11. The number of aliphatic hydroxyl groups excluding tert-OH is 1. The fourth-order valence-electron chi connectivity index (χ4n) is 0.845. The highest BCUT2D eigenvalue weighted by atomic mass is 16.3. The van der Waals surface area contributed by atoms with Crippen molar-refractivity contribution in [3.8, 4) is 0 Å². The Balaban J connectivity index is 3.83. The van der Waals surface area contributed by atoms with Gasteiger partial charge in [0.2, 0.25) is 0 Å². The molecule has 3 heteroatoms. The molecule has 0 aromatic heterocycles. The van der Waals surface area contributed by atoms with Gasteiger partial charge in [0.15, 0.2) is 0 Å². The van der Waals surface area contributed by atoms with E-state index in [4.69, 9.17) is 0 Å². The summed E-state index contributed by atoms with van der Waals surface area (Å²) < 4.78 is 0. The van der Waals surface area contributed by atoms with Gasteiger partial charge in [-0.3, -0.25) is 4.79 Å². The molecule has 0 bridgehead atoms. The topological polar surface area (TPSA) is 40.5 Å². The van der Waals surface area contributed by atoms with Gasteiger partial charge in [0.1, 0.15) is 6.10 Å². The molecule has 0 aliphatic rings. The minimum absolute atomic E-state index is 0.210. The molecule has 0 rings (SSSR count). The Morgan fingerprint density at radius 1 is 1.45 bits per heavy atom. The van der Waals surface area contributed by atoms with Crippen LogP contribution in [0.2, 0.25) is 0 Å². The molecule has 0 spiro atoms. The normalized spacial score (nSPS) is 13.3. The van der Waals surface area contributed by atoms with E-state index >= 15 is 0 Å². The van der Waals surface area contributed by atoms with Crippen molar-refractivity contribution in [1.82, 2.24) is 4.90 Å². The number of carbonyl (C=O) groups is 1. The van der Waals surface area contributed by atoms with Crippen LogP contribution >= 0.6 is 0 Å². The Morgan fingerprint density at radius 3 is 2.18 bits per heavy atom. The highest BCUT2D eigenvalue weighted by molar-refractivity contribution is 5.80. The number of carbonyl (C=O) groups excluding carboxylic acids is 1. The number of likely N-dealkylation sites (N-methyl/N-ethyl adjacent to an activating group) is 1. The second-order valence-electron chi connectivity index (χ2n) is 3.38. The number of hydrogen-bond donors (Lipinski definition) is 1. The molecule has 11 heavy (non-hydrogen) atoms. The van der Waals surface area contributed by atoms with Crippen molar-refractivity contribution in [2.45, 2.75) is 26.4 Å². The summed E-state index contributed by atoms with van der Waals surface area (Å²) >= 11 is 0. The van der Waals surface area contributed by atoms with Crippen LogP contribution in [-0.2, 0) is 4.79 Å². The van der Waals surface area contributed by atoms with Crippen LogP contribution in [0.1, 0.15) is 20.3 Å². The zero-order valence-corrected chi connectivity index (χ0v) is 7.66. The van der Waals surface area contributed by atoms with Crippen LogP contribution in [-0.4, -0.2) is 36.1 Å². The van der Waals surface area contributed by atoms with Crippen LogP contribution in [0.5, 0.6) is 0 Å². The lowest BCUT2D eigenvalue weighted by atomic mass is 10.1. The maximum Gasteiger partial charge on any atom is 0.250 e. The zero-order chi connectivity index (χ0) is 9.02. The summed E-state index contributed by atoms with van der Waals surface area (Å²) in [6.45, 7) is 3.96. The van der Waals surface area contributed by atoms with Crippen molar-refractivity contribution in [3.05, 3.63) is 0 Å². The van der Waals surface area contributed by atoms with Crippen LogP contribution in [0.25, 0.3) is 0 Å². The van der Waals surface area contributed by atoms with Gasteiger partial charge in [-0.1, -0.05) is 13.8 Å². The predicted molar refractivity (Wildman–Crippen MR) is 44.2 cm³/mol. The molecular formula is C8H17NO2. The molecule has 0 radical (unpaired) electrons. The summed E-state index contributed by atoms with van der Waals surface area (Å²) in [7, 11) is 3.29. The molecule has 1 N–H and O–H groups in total. The standard InChI is InChI=1S/C8H17NO2/c1-6(2)5-7(10)8(11)9(3)4/h6-7,10H,5H2,1-4H3.